The van der Waals surface area contributed by atoms with Gasteiger partial charge >= 0.3 is 144 Å². The fraction of sp³-hybridized carbons (Fsp3) is 0.190. The molecular weight excluding hydrogens is 343 g/mol. The van der Waals surface area contributed by atoms with E-state index in [2.05, 4.69) is 68.5 Å². The minimum Gasteiger partial charge on any atom is -1.00 e. The Morgan fingerprint density at radius 1 is 1.00 bits per heavy atom. The molecule has 2 aliphatic rings. The molecule has 4 rings (SSSR count). The second-order valence-corrected chi connectivity index (χ2v) is 10.6. The predicted octanol–water partition coefficient (Wildman–Crippen LogP) is 4.75. The molecule has 2 aromatic carbocycles. The quantitative estimate of drug-likeness (QED) is 0.616. The van der Waals surface area contributed by atoms with E-state index in [0.717, 1.165) is 12.8 Å². The Morgan fingerprint density at radius 3 is 2.59 bits per heavy atom. The number of fused-ring (bicyclic) bond motifs is 3. The van der Waals surface area contributed by atoms with Gasteiger partial charge in [-0.05, 0) is 0 Å². The van der Waals surface area contributed by atoms with Gasteiger partial charge in [-0.3, -0.25) is 0 Å². The van der Waals surface area contributed by atoms with Gasteiger partial charge in [-0.1, -0.05) is 0 Å². The van der Waals surface area contributed by atoms with Crippen molar-refractivity contribution in [3.63, 3.8) is 0 Å². The molecule has 1 heteroatoms. The van der Waals surface area contributed by atoms with Crippen LogP contribution in [0, 0.1) is 0 Å². The Bertz CT molecular complexity index is 856. The van der Waals surface area contributed by atoms with Gasteiger partial charge in [0.15, 0.2) is 0 Å². The fourth-order valence-corrected chi connectivity index (χ4v) is 6.60. The molecule has 0 aliphatic heterocycles. The monoisotopic (exact) mass is 363 g/mol. The van der Waals surface area contributed by atoms with Crippen LogP contribution in [-0.4, -0.2) is 3.21 Å². The first-order valence-electron chi connectivity index (χ1n) is 7.91. The van der Waals surface area contributed by atoms with Crippen molar-refractivity contribution in [1.29, 1.82) is 0 Å². The molecule has 22 heavy (non-hydrogen) atoms. The normalized spacial score (nSPS) is 14.4. The van der Waals surface area contributed by atoms with Crippen molar-refractivity contribution in [2.45, 2.75) is 26.7 Å². The van der Waals surface area contributed by atoms with E-state index in [1.807, 2.05) is 0 Å². The summed E-state index contributed by atoms with van der Waals surface area (Å²) in [6.07, 6.45) is 9.01. The SMILES string of the molecule is C[C](C)=[Zr+2][c]1c(C2=CC=CC2)ccc2c1Cc1ccccc1-2.[H-].[H-]. The standard InChI is InChI=1S/C18H13.C3H6.Zr.2H/c1-2-6-13(5-1)14-9-10-18-16(11-14)12-15-7-3-4-8-17(15)18;1-3-2;;;/h1-5,7-10H,6,12H2;1-2H3;;;/q;;+2;2*-1. The van der Waals surface area contributed by atoms with Gasteiger partial charge in [0.2, 0.25) is 0 Å². The molecule has 0 aromatic heterocycles. The van der Waals surface area contributed by atoms with Gasteiger partial charge in [0, 0.05) is 0 Å². The summed E-state index contributed by atoms with van der Waals surface area (Å²) in [6, 6.07) is 13.7. The first-order valence-corrected chi connectivity index (χ1v) is 10.4. The largest absolute Gasteiger partial charge is 1.00 e. The Labute approximate surface area is 146 Å². The Morgan fingerprint density at radius 2 is 1.82 bits per heavy atom. The Kier molecular flexibility index (Phi) is 3.70. The van der Waals surface area contributed by atoms with Crippen LogP contribution in [0.4, 0.5) is 0 Å². The summed E-state index contributed by atoms with van der Waals surface area (Å²) in [5, 5.41) is 0. The first kappa shape index (κ1) is 14.3. The maximum atomic E-state index is 2.39. The number of allylic oxidation sites excluding steroid dienone is 4. The average Bonchev–Trinajstić information content (AvgIpc) is 3.14. The van der Waals surface area contributed by atoms with Crippen molar-refractivity contribution in [2.75, 3.05) is 0 Å². The summed E-state index contributed by atoms with van der Waals surface area (Å²) in [4.78, 5) is 0. The molecule has 0 unspecified atom stereocenters. The van der Waals surface area contributed by atoms with E-state index in [9.17, 15) is 0 Å². The van der Waals surface area contributed by atoms with Crippen molar-refractivity contribution in [2.24, 2.45) is 0 Å². The molecule has 0 radical (unpaired) electrons. The number of benzene rings is 2. The van der Waals surface area contributed by atoms with Crippen LogP contribution in [0.1, 0.15) is 39.8 Å². The summed E-state index contributed by atoms with van der Waals surface area (Å²) < 4.78 is 3.37. The summed E-state index contributed by atoms with van der Waals surface area (Å²) >= 11 is -0.644. The number of hydrogen-bond donors (Lipinski definition) is 0. The van der Waals surface area contributed by atoms with Gasteiger partial charge in [0.1, 0.15) is 0 Å². The minimum atomic E-state index is -0.644. The summed E-state index contributed by atoms with van der Waals surface area (Å²) in [7, 11) is 0. The smallest absolute Gasteiger partial charge is 1.00 e. The van der Waals surface area contributed by atoms with Crippen molar-refractivity contribution in [3.8, 4) is 11.1 Å². The second-order valence-electron chi connectivity index (χ2n) is 6.30. The summed E-state index contributed by atoms with van der Waals surface area (Å²) in [5.41, 5.74) is 9.11. The van der Waals surface area contributed by atoms with Crippen molar-refractivity contribution < 1.29 is 25.6 Å². The van der Waals surface area contributed by atoms with Crippen LogP contribution in [0.25, 0.3) is 16.7 Å². The number of hydrogen-bond acceptors (Lipinski definition) is 0. The summed E-state index contributed by atoms with van der Waals surface area (Å²) in [5.74, 6) is 0. The van der Waals surface area contributed by atoms with Gasteiger partial charge in [-0.25, -0.2) is 0 Å². The molecule has 2 aliphatic carbocycles. The zero-order valence-corrected chi connectivity index (χ0v) is 15.6. The van der Waals surface area contributed by atoms with E-state index in [0.29, 0.717) is 0 Å². The molecule has 0 saturated heterocycles. The molecule has 0 saturated carbocycles. The molecule has 0 spiro atoms. The van der Waals surface area contributed by atoms with Gasteiger partial charge in [-0.15, -0.1) is 0 Å². The molecule has 0 N–H and O–H groups in total. The van der Waals surface area contributed by atoms with E-state index in [4.69, 9.17) is 0 Å². The zero-order valence-electron chi connectivity index (χ0n) is 15.1. The van der Waals surface area contributed by atoms with Crippen LogP contribution in [0.15, 0.2) is 54.6 Å². The van der Waals surface area contributed by atoms with Crippen molar-refractivity contribution >= 4 is 12.1 Å². The second kappa shape index (κ2) is 5.71. The van der Waals surface area contributed by atoms with Crippen molar-refractivity contribution in [3.05, 3.63) is 71.3 Å². The molecule has 0 bridgehead atoms. The maximum absolute atomic E-state index is 2.39. The van der Waals surface area contributed by atoms with Crippen LogP contribution in [0.3, 0.4) is 0 Å². The Balaban J connectivity index is 0.00000104. The van der Waals surface area contributed by atoms with Gasteiger partial charge in [0.25, 0.3) is 0 Å². The fourth-order valence-electron chi connectivity index (χ4n) is 3.52. The molecule has 0 nitrogen and oxygen atoms in total. The molecule has 0 atom stereocenters. The van der Waals surface area contributed by atoms with E-state index < -0.39 is 22.8 Å². The van der Waals surface area contributed by atoms with Gasteiger partial charge in [0.05, 0.1) is 0 Å². The van der Waals surface area contributed by atoms with E-state index in [1.165, 1.54) is 27.8 Å². The molecule has 109 valence electrons. The molecule has 0 fully saturated rings. The topological polar surface area (TPSA) is 0 Å². The van der Waals surface area contributed by atoms with Crippen LogP contribution < -0.4 is 3.27 Å². The summed E-state index contributed by atoms with van der Waals surface area (Å²) in [6.45, 7) is 4.64. The Hall–Kier alpha value is -1.33. The maximum Gasteiger partial charge on any atom is -1.00 e. The van der Waals surface area contributed by atoms with E-state index in [1.54, 1.807) is 12.0 Å². The molecular formula is C21H21Zr. The predicted molar refractivity (Wildman–Crippen MR) is 94.6 cm³/mol. The molecule has 0 amide bonds. The van der Waals surface area contributed by atoms with Gasteiger partial charge in [-0.2, -0.15) is 0 Å². The van der Waals surface area contributed by atoms with E-state index >= 15 is 0 Å². The number of rotatable bonds is 2. The third-order valence-corrected chi connectivity index (χ3v) is 7.73. The first-order chi connectivity index (χ1) is 10.7. The van der Waals surface area contributed by atoms with Crippen LogP contribution in [0.2, 0.25) is 0 Å². The average molecular weight is 365 g/mol. The van der Waals surface area contributed by atoms with Gasteiger partial charge < -0.3 is 2.85 Å². The van der Waals surface area contributed by atoms with Crippen LogP contribution >= 0.6 is 0 Å². The van der Waals surface area contributed by atoms with Crippen LogP contribution in [-0.2, 0) is 29.2 Å². The van der Waals surface area contributed by atoms with Crippen LogP contribution in [0.5, 0.6) is 0 Å². The van der Waals surface area contributed by atoms with E-state index in [-0.39, 0.29) is 2.85 Å². The third kappa shape index (κ3) is 2.36. The zero-order chi connectivity index (χ0) is 15.1. The minimum absolute atomic E-state index is 0. The molecule has 0 heterocycles. The molecule has 2 aromatic rings. The third-order valence-electron chi connectivity index (χ3n) is 4.48. The van der Waals surface area contributed by atoms with Crippen molar-refractivity contribution in [1.82, 2.24) is 0 Å².